The topological polar surface area (TPSA) is 87.7 Å². The lowest BCUT2D eigenvalue weighted by Gasteiger charge is -2.31. The Morgan fingerprint density at radius 3 is 2.14 bits per heavy atom. The molecule has 1 aliphatic rings. The van der Waals surface area contributed by atoms with Crippen molar-refractivity contribution in [1.82, 2.24) is 10.6 Å². The van der Waals surface area contributed by atoms with E-state index in [-0.39, 0.29) is 17.1 Å². The van der Waals surface area contributed by atoms with Crippen LogP contribution in [0.1, 0.15) is 27.2 Å². The molecule has 0 aliphatic carbocycles. The smallest absolute Gasteiger partial charge is 0.455 e. The second-order valence-electron chi connectivity index (χ2n) is 8.68. The molecule has 37 heavy (non-hydrogen) atoms. The van der Waals surface area contributed by atoms with E-state index in [9.17, 15) is 53.9 Å². The van der Waals surface area contributed by atoms with E-state index in [2.05, 4.69) is 0 Å². The largest absolute Gasteiger partial charge is 0.486 e. The number of carbonyl (C=O) groups is 3. The number of carbonyl (C=O) groups excluding carboxylic acids is 3. The zero-order chi connectivity index (χ0) is 28.6. The number of amides is 3. The first-order chi connectivity index (χ1) is 16.7. The molecule has 1 aromatic carbocycles. The zero-order valence-corrected chi connectivity index (χ0v) is 19.5. The fraction of sp³-hybridized carbons (Fsp3) is 0.571. The van der Waals surface area contributed by atoms with Gasteiger partial charge in [-0.15, -0.1) is 0 Å². The molecule has 0 saturated heterocycles. The first-order valence-corrected chi connectivity index (χ1v) is 10.6. The molecule has 2 N–H and O–H groups in total. The van der Waals surface area contributed by atoms with Crippen molar-refractivity contribution >= 4 is 23.4 Å². The second kappa shape index (κ2) is 10.3. The molecular weight excluding hydrogens is 529 g/mol. The van der Waals surface area contributed by atoms with Crippen LogP contribution in [0.5, 0.6) is 5.75 Å². The molecule has 0 radical (unpaired) electrons. The summed E-state index contributed by atoms with van der Waals surface area (Å²) in [5, 5.41) is 3.35. The Morgan fingerprint density at radius 2 is 1.62 bits per heavy atom. The molecular formula is C21H22F9N3O4. The minimum absolute atomic E-state index is 0.0855. The van der Waals surface area contributed by atoms with Crippen LogP contribution in [0, 0.1) is 11.2 Å². The van der Waals surface area contributed by atoms with Crippen LogP contribution in [0.2, 0.25) is 0 Å². The Hall–Kier alpha value is -3.20. The summed E-state index contributed by atoms with van der Waals surface area (Å²) < 4.78 is 123. The lowest BCUT2D eigenvalue weighted by Crippen LogP contribution is -2.60. The van der Waals surface area contributed by atoms with Gasteiger partial charge in [-0.25, -0.2) is 4.39 Å². The minimum atomic E-state index is -5.98. The summed E-state index contributed by atoms with van der Waals surface area (Å²) in [5.74, 6) is -11.0. The maximum atomic E-state index is 13.8. The number of anilines is 1. The highest BCUT2D eigenvalue weighted by Crippen LogP contribution is 2.37. The van der Waals surface area contributed by atoms with E-state index in [1.807, 2.05) is 5.32 Å². The van der Waals surface area contributed by atoms with Gasteiger partial charge >= 0.3 is 18.3 Å². The van der Waals surface area contributed by atoms with Gasteiger partial charge in [0.15, 0.2) is 0 Å². The van der Waals surface area contributed by atoms with Crippen molar-refractivity contribution in [3.8, 4) is 5.75 Å². The average molecular weight is 551 g/mol. The van der Waals surface area contributed by atoms with E-state index in [4.69, 9.17) is 4.74 Å². The van der Waals surface area contributed by atoms with Crippen molar-refractivity contribution in [2.24, 2.45) is 5.41 Å². The van der Waals surface area contributed by atoms with Crippen LogP contribution in [-0.2, 0) is 14.4 Å². The van der Waals surface area contributed by atoms with Gasteiger partial charge < -0.3 is 15.4 Å². The highest BCUT2D eigenvalue weighted by molar-refractivity contribution is 6.07. The molecule has 7 nitrogen and oxygen atoms in total. The number of hydrogen-bond donors (Lipinski definition) is 2. The molecule has 1 aliphatic heterocycles. The van der Waals surface area contributed by atoms with Crippen LogP contribution in [0.3, 0.4) is 0 Å². The zero-order valence-electron chi connectivity index (χ0n) is 19.5. The van der Waals surface area contributed by atoms with Gasteiger partial charge in [0, 0.05) is 6.07 Å². The summed E-state index contributed by atoms with van der Waals surface area (Å²) in [6.45, 7) is -0.967. The maximum absolute atomic E-state index is 13.8. The van der Waals surface area contributed by atoms with Crippen molar-refractivity contribution in [3.05, 3.63) is 24.0 Å². The van der Waals surface area contributed by atoms with Gasteiger partial charge in [-0.05, 0) is 32.4 Å². The first-order valence-electron chi connectivity index (χ1n) is 10.6. The van der Waals surface area contributed by atoms with Gasteiger partial charge in [0.2, 0.25) is 11.8 Å². The standard InChI is InChI=1S/C21H22F9N3O4/c1-4-12-14(32-17(36)18(2,3)16(35)31-8-19(23,24)21(28,29)30)15(34)33(9-20(25,26)27)11-7-10(22)5-6-13(11)37-12/h5-7,12,14H,4,8-9H2,1-3H3,(H,31,35)(H,32,36). The van der Waals surface area contributed by atoms with E-state index in [1.54, 1.807) is 0 Å². The van der Waals surface area contributed by atoms with Gasteiger partial charge in [-0.3, -0.25) is 19.3 Å². The summed E-state index contributed by atoms with van der Waals surface area (Å²) in [6, 6.07) is 0.588. The predicted molar refractivity (Wildman–Crippen MR) is 109 cm³/mol. The van der Waals surface area contributed by atoms with Gasteiger partial charge in [0.05, 0.1) is 12.2 Å². The molecule has 2 atom stereocenters. The van der Waals surface area contributed by atoms with Crippen LogP contribution < -0.4 is 20.3 Å². The molecule has 2 unspecified atom stereocenters. The second-order valence-corrected chi connectivity index (χ2v) is 8.68. The maximum Gasteiger partial charge on any atom is 0.455 e. The van der Waals surface area contributed by atoms with Crippen molar-refractivity contribution < 1.29 is 58.6 Å². The number of rotatable bonds is 7. The van der Waals surface area contributed by atoms with E-state index in [0.29, 0.717) is 6.07 Å². The van der Waals surface area contributed by atoms with Crippen molar-refractivity contribution in [1.29, 1.82) is 0 Å². The lowest BCUT2D eigenvalue weighted by atomic mass is 9.90. The Bertz CT molecular complexity index is 1040. The Kier molecular flexibility index (Phi) is 8.34. The van der Waals surface area contributed by atoms with Crippen LogP contribution in [0.25, 0.3) is 0 Å². The van der Waals surface area contributed by atoms with Gasteiger partial charge in [-0.1, -0.05) is 6.92 Å². The molecule has 1 aromatic rings. The Labute approximate surface area is 204 Å². The van der Waals surface area contributed by atoms with E-state index < -0.39 is 78.2 Å². The van der Waals surface area contributed by atoms with Gasteiger partial charge in [0.1, 0.15) is 35.7 Å². The van der Waals surface area contributed by atoms with Gasteiger partial charge in [0.25, 0.3) is 5.91 Å². The lowest BCUT2D eigenvalue weighted by molar-refractivity contribution is -0.278. The SMILES string of the molecule is CCC1Oc2ccc(F)cc2N(CC(F)(F)F)C(=O)C1NC(=O)C(C)(C)C(=O)NCC(F)(F)C(F)(F)F. The number of ether oxygens (including phenoxy) is 1. The third-order valence-corrected chi connectivity index (χ3v) is 5.44. The molecule has 3 amide bonds. The number of alkyl halides is 8. The van der Waals surface area contributed by atoms with Crippen LogP contribution in [0.4, 0.5) is 45.2 Å². The quantitative estimate of drug-likeness (QED) is 0.400. The van der Waals surface area contributed by atoms with E-state index in [0.717, 1.165) is 26.0 Å². The highest BCUT2D eigenvalue weighted by atomic mass is 19.4. The minimum Gasteiger partial charge on any atom is -0.486 e. The number of nitrogens with zero attached hydrogens (tertiary/aromatic N) is 1. The summed E-state index contributed by atoms with van der Waals surface area (Å²) >= 11 is 0. The first kappa shape index (κ1) is 30.0. The fourth-order valence-electron chi connectivity index (χ4n) is 3.23. The molecule has 0 aromatic heterocycles. The predicted octanol–water partition coefficient (Wildman–Crippen LogP) is 3.72. The van der Waals surface area contributed by atoms with Crippen molar-refractivity contribution in [2.75, 3.05) is 18.0 Å². The number of nitrogens with one attached hydrogen (secondary N) is 2. The Balaban J connectivity index is 2.35. The fourth-order valence-corrected chi connectivity index (χ4v) is 3.23. The molecule has 0 saturated carbocycles. The third-order valence-electron chi connectivity index (χ3n) is 5.44. The summed E-state index contributed by atoms with van der Waals surface area (Å²) in [6.07, 6.45) is -12.4. The average Bonchev–Trinajstić information content (AvgIpc) is 2.85. The molecule has 0 bridgehead atoms. The number of fused-ring (bicyclic) bond motifs is 1. The van der Waals surface area contributed by atoms with E-state index in [1.165, 1.54) is 12.2 Å². The molecule has 2 rings (SSSR count). The molecule has 208 valence electrons. The number of benzene rings is 1. The number of halogens is 9. The third kappa shape index (κ3) is 6.77. The Morgan fingerprint density at radius 1 is 1.03 bits per heavy atom. The monoisotopic (exact) mass is 551 g/mol. The van der Waals surface area contributed by atoms with Crippen molar-refractivity contribution in [3.63, 3.8) is 0 Å². The normalized spacial score (nSPS) is 19.0. The summed E-state index contributed by atoms with van der Waals surface area (Å²) in [7, 11) is 0. The van der Waals surface area contributed by atoms with Gasteiger partial charge in [-0.2, -0.15) is 35.1 Å². The number of hydrogen-bond acceptors (Lipinski definition) is 4. The van der Waals surface area contributed by atoms with Crippen molar-refractivity contribution in [2.45, 2.75) is 57.6 Å². The van der Waals surface area contributed by atoms with Crippen LogP contribution in [0.15, 0.2) is 18.2 Å². The molecule has 0 spiro atoms. The van der Waals surface area contributed by atoms with Crippen LogP contribution in [-0.4, -0.2) is 61.2 Å². The molecule has 1 heterocycles. The molecule has 0 fully saturated rings. The van der Waals surface area contributed by atoms with Crippen LogP contribution >= 0.6 is 0 Å². The highest BCUT2D eigenvalue weighted by Gasteiger charge is 2.58. The summed E-state index contributed by atoms with van der Waals surface area (Å²) in [5.41, 5.74) is -2.94. The summed E-state index contributed by atoms with van der Waals surface area (Å²) in [4.78, 5) is 38.4. The van der Waals surface area contributed by atoms with E-state index >= 15 is 0 Å². The molecule has 16 heteroatoms.